The van der Waals surface area contributed by atoms with Gasteiger partial charge >= 0.3 is 12.1 Å². The predicted molar refractivity (Wildman–Crippen MR) is 139 cm³/mol. The van der Waals surface area contributed by atoms with Crippen LogP contribution in [0.15, 0.2) is 65.5 Å². The van der Waals surface area contributed by atoms with Crippen LogP contribution in [0.3, 0.4) is 0 Å². The van der Waals surface area contributed by atoms with Gasteiger partial charge in [-0.2, -0.15) is 13.2 Å². The van der Waals surface area contributed by atoms with Crippen molar-refractivity contribution in [3.63, 3.8) is 0 Å². The smallest absolute Gasteiger partial charge is 0.446 e. The normalized spacial score (nSPS) is 15.6. The van der Waals surface area contributed by atoms with Crippen molar-refractivity contribution in [3.05, 3.63) is 103 Å². The second-order valence-electron chi connectivity index (χ2n) is 8.69. The van der Waals surface area contributed by atoms with E-state index in [1.54, 1.807) is 28.8 Å². The first-order valence-electron chi connectivity index (χ1n) is 11.7. The van der Waals surface area contributed by atoms with Crippen molar-refractivity contribution in [1.82, 2.24) is 9.47 Å². The molecule has 6 nitrogen and oxygen atoms in total. The van der Waals surface area contributed by atoms with Gasteiger partial charge in [-0.05, 0) is 55.1 Å². The van der Waals surface area contributed by atoms with Gasteiger partial charge in [-0.1, -0.05) is 65.7 Å². The van der Waals surface area contributed by atoms with Crippen LogP contribution < -0.4 is 5.56 Å². The number of hydrogen-bond acceptors (Lipinski definition) is 4. The summed E-state index contributed by atoms with van der Waals surface area (Å²) in [6, 6.07) is 18.9. The number of carboxylic acids is 1. The van der Waals surface area contributed by atoms with Gasteiger partial charge in [-0.3, -0.25) is 14.5 Å². The molecular weight excluding hydrogens is 544 g/mol. The van der Waals surface area contributed by atoms with Gasteiger partial charge in [-0.25, -0.2) is 4.79 Å². The van der Waals surface area contributed by atoms with E-state index in [1.807, 2.05) is 18.2 Å². The third-order valence-electron chi connectivity index (χ3n) is 6.16. The number of aldehydes is 1. The van der Waals surface area contributed by atoms with Crippen molar-refractivity contribution in [3.8, 4) is 0 Å². The highest BCUT2D eigenvalue weighted by atomic mass is 35.5. The van der Waals surface area contributed by atoms with Crippen molar-refractivity contribution < 1.29 is 27.9 Å². The van der Waals surface area contributed by atoms with Crippen molar-refractivity contribution in [2.45, 2.75) is 44.6 Å². The number of aromatic carboxylic acids is 1. The van der Waals surface area contributed by atoms with Crippen LogP contribution in [0, 0.1) is 0 Å². The largest absolute Gasteiger partial charge is 0.478 e. The molecule has 1 saturated heterocycles. The minimum Gasteiger partial charge on any atom is -0.478 e. The van der Waals surface area contributed by atoms with E-state index in [9.17, 15) is 22.8 Å². The highest BCUT2D eigenvalue weighted by molar-refractivity contribution is 6.34. The number of halogens is 5. The van der Waals surface area contributed by atoms with E-state index in [0.29, 0.717) is 24.5 Å². The number of nitrogens with zero attached hydrogens (tertiary/aromatic N) is 2. The summed E-state index contributed by atoms with van der Waals surface area (Å²) in [5.41, 5.74) is 2.93. The molecule has 1 aliphatic rings. The molecule has 1 unspecified atom stereocenters. The van der Waals surface area contributed by atoms with Crippen molar-refractivity contribution in [1.29, 1.82) is 0 Å². The van der Waals surface area contributed by atoms with Gasteiger partial charge in [0.2, 0.25) is 6.29 Å². The van der Waals surface area contributed by atoms with Gasteiger partial charge in [0.25, 0.3) is 5.56 Å². The van der Waals surface area contributed by atoms with Crippen LogP contribution in [0.5, 0.6) is 0 Å². The molecule has 0 bridgehead atoms. The second kappa shape index (κ2) is 13.1. The van der Waals surface area contributed by atoms with Crippen LogP contribution in [0.2, 0.25) is 10.0 Å². The van der Waals surface area contributed by atoms with Gasteiger partial charge in [0, 0.05) is 19.1 Å². The molecule has 0 amide bonds. The zero-order valence-electron chi connectivity index (χ0n) is 20.1. The standard InChI is InChI=1S/C25H24Cl2N2O3.C2HF3O/c26-20-15-21(27)24(30)29(14-12-17-8-10-19(11-9-17)25(31)32)23(20)16-28-13-4-7-22(28)18-5-2-1-3-6-18;3-2(4,5)1-6/h1-3,5-6,8-11,15,22H,4,7,12-14,16H2,(H,31,32);1H. The molecule has 1 N–H and O–H groups in total. The van der Waals surface area contributed by atoms with Gasteiger partial charge in [0.15, 0.2) is 0 Å². The third kappa shape index (κ3) is 7.93. The summed E-state index contributed by atoms with van der Waals surface area (Å²) in [7, 11) is 0. The van der Waals surface area contributed by atoms with E-state index in [-0.39, 0.29) is 22.2 Å². The van der Waals surface area contributed by atoms with Crippen molar-refractivity contribution in [2.75, 3.05) is 6.54 Å². The number of hydrogen-bond donors (Lipinski definition) is 1. The summed E-state index contributed by atoms with van der Waals surface area (Å²) in [6.45, 7) is 1.90. The molecule has 0 spiro atoms. The highest BCUT2D eigenvalue weighted by Crippen LogP contribution is 2.34. The summed E-state index contributed by atoms with van der Waals surface area (Å²) < 4.78 is 32.9. The van der Waals surface area contributed by atoms with E-state index < -0.39 is 18.4 Å². The van der Waals surface area contributed by atoms with E-state index in [0.717, 1.165) is 30.6 Å². The number of aromatic nitrogens is 1. The van der Waals surface area contributed by atoms with Gasteiger partial charge in [-0.15, -0.1) is 0 Å². The lowest BCUT2D eigenvalue weighted by Crippen LogP contribution is -2.30. The van der Waals surface area contributed by atoms with Gasteiger partial charge in [0.1, 0.15) is 5.02 Å². The topological polar surface area (TPSA) is 79.6 Å². The summed E-state index contributed by atoms with van der Waals surface area (Å²) in [5.74, 6) is -0.963. The van der Waals surface area contributed by atoms with E-state index in [2.05, 4.69) is 17.0 Å². The first kappa shape index (κ1) is 29.4. The van der Waals surface area contributed by atoms with Gasteiger partial charge in [0.05, 0.1) is 16.3 Å². The number of aryl methyl sites for hydroxylation is 1. The molecule has 202 valence electrons. The minimum absolute atomic E-state index is 0.0982. The molecule has 3 aromatic rings. The van der Waals surface area contributed by atoms with E-state index >= 15 is 0 Å². The Balaban J connectivity index is 0.000000599. The maximum absolute atomic E-state index is 12.9. The Morgan fingerprint density at radius 3 is 2.26 bits per heavy atom. The Kier molecular flexibility index (Phi) is 10.1. The molecule has 4 rings (SSSR count). The summed E-state index contributed by atoms with van der Waals surface area (Å²) in [4.78, 5) is 35.0. The average molecular weight is 569 g/mol. The molecule has 2 aromatic carbocycles. The fraction of sp³-hybridized carbons (Fsp3) is 0.296. The van der Waals surface area contributed by atoms with Crippen LogP contribution in [0.1, 0.15) is 46.1 Å². The monoisotopic (exact) mass is 568 g/mol. The molecule has 1 fully saturated rings. The first-order chi connectivity index (χ1) is 18.0. The SMILES string of the molecule is O=C(O)c1ccc(CCn2c(CN3CCCC3c3ccccc3)c(Cl)cc(Cl)c2=O)cc1.O=CC(F)(F)F. The lowest BCUT2D eigenvalue weighted by molar-refractivity contribution is -0.156. The number of alkyl halides is 3. The molecule has 0 radical (unpaired) electrons. The Morgan fingerprint density at radius 2 is 1.68 bits per heavy atom. The molecular formula is C27H25Cl2F3N2O4. The number of carbonyl (C=O) groups excluding carboxylic acids is 1. The summed E-state index contributed by atoms with van der Waals surface area (Å²) in [6.07, 6.45) is -2.99. The van der Waals surface area contributed by atoms with Crippen LogP contribution in [-0.4, -0.2) is 39.6 Å². The van der Waals surface area contributed by atoms with Crippen molar-refractivity contribution in [2.24, 2.45) is 0 Å². The fourth-order valence-corrected chi connectivity index (χ4v) is 4.89. The van der Waals surface area contributed by atoms with Gasteiger partial charge < -0.3 is 9.67 Å². The molecule has 2 heterocycles. The Bertz CT molecular complexity index is 1310. The van der Waals surface area contributed by atoms with Crippen molar-refractivity contribution >= 4 is 35.5 Å². The number of carboxylic acid groups (broad SMARTS) is 1. The zero-order valence-corrected chi connectivity index (χ0v) is 21.6. The molecule has 0 saturated carbocycles. The molecule has 1 aliphatic heterocycles. The minimum atomic E-state index is -4.64. The summed E-state index contributed by atoms with van der Waals surface area (Å²) in [5, 5.41) is 9.66. The number of pyridine rings is 1. The zero-order chi connectivity index (χ0) is 27.9. The lowest BCUT2D eigenvalue weighted by Gasteiger charge is -2.27. The maximum atomic E-state index is 12.9. The molecule has 38 heavy (non-hydrogen) atoms. The van der Waals surface area contributed by atoms with Crippen LogP contribution in [0.4, 0.5) is 13.2 Å². The molecule has 1 aromatic heterocycles. The lowest BCUT2D eigenvalue weighted by atomic mass is 10.0. The van der Waals surface area contributed by atoms with Crippen LogP contribution in [-0.2, 0) is 24.3 Å². The maximum Gasteiger partial charge on any atom is 0.446 e. The average Bonchev–Trinajstić information content (AvgIpc) is 3.36. The van der Waals surface area contributed by atoms with Crippen LogP contribution in [0.25, 0.3) is 0 Å². The highest BCUT2D eigenvalue weighted by Gasteiger charge is 2.28. The summed E-state index contributed by atoms with van der Waals surface area (Å²) >= 11 is 12.8. The molecule has 11 heteroatoms. The Labute approximate surface area is 227 Å². The number of likely N-dealkylation sites (tertiary alicyclic amines) is 1. The second-order valence-corrected chi connectivity index (χ2v) is 9.51. The first-order valence-corrected chi connectivity index (χ1v) is 12.5. The van der Waals surface area contributed by atoms with E-state index in [1.165, 1.54) is 11.6 Å². The Morgan fingerprint density at radius 1 is 1.05 bits per heavy atom. The third-order valence-corrected chi connectivity index (χ3v) is 6.76. The number of carbonyl (C=O) groups is 2. The molecule has 1 atom stereocenters. The van der Waals surface area contributed by atoms with E-state index in [4.69, 9.17) is 33.1 Å². The fourth-order valence-electron chi connectivity index (χ4n) is 4.35. The van der Waals surface area contributed by atoms with Crippen LogP contribution >= 0.6 is 23.2 Å². The number of benzene rings is 2. The predicted octanol–water partition coefficient (Wildman–Crippen LogP) is 6.18. The quantitative estimate of drug-likeness (QED) is 0.344. The number of rotatable bonds is 7. The molecule has 0 aliphatic carbocycles. The Hall–Kier alpha value is -3.14.